The summed E-state index contributed by atoms with van der Waals surface area (Å²) in [4.78, 5) is 25.4. The minimum atomic E-state index is -0.110. The third kappa shape index (κ3) is 6.53. The first-order valence-corrected chi connectivity index (χ1v) is 9.68. The van der Waals surface area contributed by atoms with E-state index in [0.29, 0.717) is 36.4 Å². The fourth-order valence-electron chi connectivity index (χ4n) is 2.45. The molecule has 3 aromatic rings. The predicted molar refractivity (Wildman–Crippen MR) is 125 cm³/mol. The van der Waals surface area contributed by atoms with E-state index in [9.17, 15) is 4.79 Å². The SMILES string of the molecule is CN=C(NCCNC(=O)c1scnc1C)NCc1coc(-c2ccccc2)n1.I. The van der Waals surface area contributed by atoms with Crippen LogP contribution in [0.25, 0.3) is 11.5 Å². The number of thiazole rings is 1. The summed E-state index contributed by atoms with van der Waals surface area (Å²) in [6.07, 6.45) is 1.63. The highest BCUT2D eigenvalue weighted by molar-refractivity contribution is 14.0. The van der Waals surface area contributed by atoms with Crippen molar-refractivity contribution in [3.8, 4) is 11.5 Å². The lowest BCUT2D eigenvalue weighted by molar-refractivity contribution is 0.0957. The summed E-state index contributed by atoms with van der Waals surface area (Å²) in [6, 6.07) is 9.74. The van der Waals surface area contributed by atoms with Crippen LogP contribution in [0.5, 0.6) is 0 Å². The Morgan fingerprint density at radius 1 is 1.17 bits per heavy atom. The summed E-state index contributed by atoms with van der Waals surface area (Å²) in [5.41, 5.74) is 4.12. The second kappa shape index (κ2) is 11.5. The average molecular weight is 526 g/mol. The molecule has 0 aliphatic heterocycles. The summed E-state index contributed by atoms with van der Waals surface area (Å²) in [5.74, 6) is 1.09. The van der Waals surface area contributed by atoms with Gasteiger partial charge in [-0.2, -0.15) is 0 Å². The molecule has 3 rings (SSSR count). The van der Waals surface area contributed by atoms with Crippen molar-refractivity contribution >= 4 is 47.2 Å². The van der Waals surface area contributed by atoms with Gasteiger partial charge >= 0.3 is 0 Å². The Morgan fingerprint density at radius 2 is 1.93 bits per heavy atom. The number of nitrogens with one attached hydrogen (secondary N) is 3. The number of hydrogen-bond acceptors (Lipinski definition) is 6. The van der Waals surface area contributed by atoms with Gasteiger partial charge in [-0.3, -0.25) is 9.79 Å². The normalized spacial score (nSPS) is 10.9. The smallest absolute Gasteiger partial charge is 0.263 e. The molecule has 0 fully saturated rings. The molecule has 8 nitrogen and oxygen atoms in total. The van der Waals surface area contributed by atoms with E-state index >= 15 is 0 Å². The van der Waals surface area contributed by atoms with Crippen LogP contribution in [0.3, 0.4) is 0 Å². The molecule has 3 N–H and O–H groups in total. The highest BCUT2D eigenvalue weighted by Crippen LogP contribution is 2.17. The number of benzene rings is 1. The molecule has 0 radical (unpaired) electrons. The molecule has 0 unspecified atom stereocenters. The molecule has 0 aliphatic rings. The van der Waals surface area contributed by atoms with Crippen LogP contribution in [0.4, 0.5) is 0 Å². The molecule has 0 saturated carbocycles. The van der Waals surface area contributed by atoms with E-state index in [4.69, 9.17) is 4.42 Å². The van der Waals surface area contributed by atoms with Gasteiger partial charge in [0.15, 0.2) is 5.96 Å². The minimum absolute atomic E-state index is 0. The standard InChI is InChI=1S/C19H22N6O2S.HI/c1-13-16(28-12-24-13)17(26)21-8-9-22-19(20-2)23-10-15-11-27-18(25-15)14-6-4-3-5-7-14;/h3-7,11-12H,8-10H2,1-2H3,(H,21,26)(H2,20,22,23);1H. The van der Waals surface area contributed by atoms with Crippen LogP contribution in [0.1, 0.15) is 21.1 Å². The Kier molecular flexibility index (Phi) is 9.06. The molecule has 0 aliphatic carbocycles. The average Bonchev–Trinajstić information content (AvgIpc) is 3.37. The van der Waals surface area contributed by atoms with Gasteiger partial charge in [0.25, 0.3) is 5.91 Å². The van der Waals surface area contributed by atoms with Crippen molar-refractivity contribution in [2.24, 2.45) is 4.99 Å². The van der Waals surface area contributed by atoms with Gasteiger partial charge in [0, 0.05) is 25.7 Å². The molecule has 1 aromatic carbocycles. The van der Waals surface area contributed by atoms with Gasteiger partial charge in [-0.05, 0) is 19.1 Å². The summed E-state index contributed by atoms with van der Waals surface area (Å²) >= 11 is 1.34. The molecule has 29 heavy (non-hydrogen) atoms. The zero-order chi connectivity index (χ0) is 19.8. The summed E-state index contributed by atoms with van der Waals surface area (Å²) in [5, 5.41) is 9.18. The lowest BCUT2D eigenvalue weighted by atomic mass is 10.2. The Morgan fingerprint density at radius 3 is 2.62 bits per heavy atom. The molecular formula is C19H23IN6O2S. The first kappa shape index (κ1) is 22.8. The van der Waals surface area contributed by atoms with Crippen molar-refractivity contribution in [1.29, 1.82) is 0 Å². The fraction of sp³-hybridized carbons (Fsp3) is 0.263. The molecular weight excluding hydrogens is 503 g/mol. The Bertz CT molecular complexity index is 941. The topological polar surface area (TPSA) is 104 Å². The molecule has 0 saturated heterocycles. The van der Waals surface area contributed by atoms with Crippen molar-refractivity contribution < 1.29 is 9.21 Å². The number of hydrogen-bond donors (Lipinski definition) is 3. The lowest BCUT2D eigenvalue weighted by Crippen LogP contribution is -2.41. The highest BCUT2D eigenvalue weighted by atomic mass is 127. The minimum Gasteiger partial charge on any atom is -0.444 e. The molecule has 154 valence electrons. The maximum atomic E-state index is 12.0. The quantitative estimate of drug-likeness (QED) is 0.189. The summed E-state index contributed by atoms with van der Waals surface area (Å²) in [6.45, 7) is 3.31. The van der Waals surface area contributed by atoms with Gasteiger partial charge in [-0.15, -0.1) is 35.3 Å². The maximum absolute atomic E-state index is 12.0. The van der Waals surface area contributed by atoms with Crippen LogP contribution in [0, 0.1) is 6.92 Å². The Labute approximate surface area is 190 Å². The first-order valence-electron chi connectivity index (χ1n) is 8.80. The van der Waals surface area contributed by atoms with E-state index < -0.39 is 0 Å². The van der Waals surface area contributed by atoms with Crippen LogP contribution in [-0.4, -0.2) is 42.0 Å². The second-order valence-electron chi connectivity index (χ2n) is 5.89. The number of amides is 1. The number of oxazole rings is 1. The van der Waals surface area contributed by atoms with Crippen molar-refractivity contribution in [1.82, 2.24) is 25.9 Å². The van der Waals surface area contributed by atoms with E-state index in [1.807, 2.05) is 37.3 Å². The third-order valence-corrected chi connectivity index (χ3v) is 4.82. The number of aryl methyl sites for hydroxylation is 1. The number of carbonyl (C=O) groups is 1. The number of guanidine groups is 1. The van der Waals surface area contributed by atoms with Crippen molar-refractivity contribution in [3.05, 3.63) is 58.4 Å². The summed E-state index contributed by atoms with van der Waals surface area (Å²) in [7, 11) is 1.69. The van der Waals surface area contributed by atoms with Crippen LogP contribution in [0.15, 0.2) is 51.5 Å². The van der Waals surface area contributed by atoms with Crippen LogP contribution in [0.2, 0.25) is 0 Å². The third-order valence-electron chi connectivity index (χ3n) is 3.89. The molecule has 2 heterocycles. The van der Waals surface area contributed by atoms with Gasteiger partial charge in [-0.1, -0.05) is 18.2 Å². The van der Waals surface area contributed by atoms with E-state index in [-0.39, 0.29) is 29.9 Å². The van der Waals surface area contributed by atoms with Crippen molar-refractivity contribution in [2.75, 3.05) is 20.1 Å². The monoisotopic (exact) mass is 526 g/mol. The Balaban J connectivity index is 0.00000300. The Hall–Kier alpha value is -2.47. The highest BCUT2D eigenvalue weighted by Gasteiger charge is 2.11. The largest absolute Gasteiger partial charge is 0.444 e. The van der Waals surface area contributed by atoms with Crippen LogP contribution in [-0.2, 0) is 6.54 Å². The zero-order valence-corrected chi connectivity index (χ0v) is 19.3. The predicted octanol–water partition coefficient (Wildman–Crippen LogP) is 2.82. The molecule has 10 heteroatoms. The number of aliphatic imine (C=N–C) groups is 1. The molecule has 2 aromatic heterocycles. The number of carbonyl (C=O) groups excluding carboxylic acids is 1. The fourth-order valence-corrected chi connectivity index (χ4v) is 3.17. The number of nitrogens with zero attached hydrogens (tertiary/aromatic N) is 3. The first-order chi connectivity index (χ1) is 13.7. The molecule has 0 spiro atoms. The lowest BCUT2D eigenvalue weighted by Gasteiger charge is -2.11. The number of halogens is 1. The van der Waals surface area contributed by atoms with Gasteiger partial charge in [-0.25, -0.2) is 9.97 Å². The zero-order valence-electron chi connectivity index (χ0n) is 16.1. The van der Waals surface area contributed by atoms with Gasteiger partial charge < -0.3 is 20.4 Å². The van der Waals surface area contributed by atoms with E-state index in [0.717, 1.165) is 17.0 Å². The van der Waals surface area contributed by atoms with E-state index in [2.05, 4.69) is 30.9 Å². The van der Waals surface area contributed by atoms with Crippen molar-refractivity contribution in [2.45, 2.75) is 13.5 Å². The molecule has 0 bridgehead atoms. The van der Waals surface area contributed by atoms with Crippen LogP contribution < -0.4 is 16.0 Å². The molecule has 1 amide bonds. The van der Waals surface area contributed by atoms with Gasteiger partial charge in [0.05, 0.1) is 23.4 Å². The van der Waals surface area contributed by atoms with Crippen molar-refractivity contribution in [3.63, 3.8) is 0 Å². The molecule has 0 atom stereocenters. The summed E-state index contributed by atoms with van der Waals surface area (Å²) < 4.78 is 5.52. The van der Waals surface area contributed by atoms with E-state index in [1.54, 1.807) is 18.8 Å². The second-order valence-corrected chi connectivity index (χ2v) is 6.74. The maximum Gasteiger partial charge on any atom is 0.263 e. The van der Waals surface area contributed by atoms with Gasteiger partial charge in [0.2, 0.25) is 5.89 Å². The van der Waals surface area contributed by atoms with Crippen LogP contribution >= 0.6 is 35.3 Å². The van der Waals surface area contributed by atoms with Gasteiger partial charge in [0.1, 0.15) is 11.1 Å². The number of aromatic nitrogens is 2. The van der Waals surface area contributed by atoms with E-state index in [1.165, 1.54) is 11.3 Å². The number of rotatable bonds is 7.